The molecule has 3 heteroatoms. The zero-order chi connectivity index (χ0) is 12.7. The zero-order valence-corrected chi connectivity index (χ0v) is 11.7. The quantitative estimate of drug-likeness (QED) is 0.893. The number of thiazole rings is 1. The van der Waals surface area contributed by atoms with Crippen LogP contribution in [0.3, 0.4) is 0 Å². The van der Waals surface area contributed by atoms with E-state index in [4.69, 9.17) is 10.7 Å². The molecule has 3 rings (SSSR count). The number of nitrogens with zero attached hydrogens (tertiary/aromatic N) is 1. The second-order valence-electron chi connectivity index (χ2n) is 5.08. The van der Waals surface area contributed by atoms with Gasteiger partial charge in [-0.1, -0.05) is 12.1 Å². The molecule has 0 aliphatic heterocycles. The van der Waals surface area contributed by atoms with Gasteiger partial charge in [-0.2, -0.15) is 0 Å². The van der Waals surface area contributed by atoms with Crippen LogP contribution in [0.25, 0.3) is 11.3 Å². The maximum atomic E-state index is 5.91. The summed E-state index contributed by atoms with van der Waals surface area (Å²) in [6.07, 6.45) is 3.74. The van der Waals surface area contributed by atoms with E-state index in [2.05, 4.69) is 25.1 Å². The van der Waals surface area contributed by atoms with Crippen LogP contribution in [0.2, 0.25) is 0 Å². The Balaban J connectivity index is 2.04. The van der Waals surface area contributed by atoms with Crippen LogP contribution < -0.4 is 5.73 Å². The molecule has 1 aromatic heterocycles. The highest BCUT2D eigenvalue weighted by atomic mass is 32.1. The minimum atomic E-state index is 0.0249. The van der Waals surface area contributed by atoms with E-state index < -0.39 is 0 Å². The third kappa shape index (κ3) is 1.98. The van der Waals surface area contributed by atoms with Crippen LogP contribution in [0, 0.1) is 6.92 Å². The first-order chi connectivity index (χ1) is 8.65. The monoisotopic (exact) mass is 258 g/mol. The zero-order valence-electron chi connectivity index (χ0n) is 10.9. The van der Waals surface area contributed by atoms with Crippen LogP contribution in [0.1, 0.15) is 40.4 Å². The number of aromatic nitrogens is 1. The van der Waals surface area contributed by atoms with E-state index in [0.717, 1.165) is 10.7 Å². The molecule has 1 heterocycles. The van der Waals surface area contributed by atoms with E-state index in [1.165, 1.54) is 40.8 Å². The molecule has 2 nitrogen and oxygen atoms in total. The number of rotatable bonds is 2. The van der Waals surface area contributed by atoms with Crippen molar-refractivity contribution in [2.45, 2.75) is 39.2 Å². The lowest BCUT2D eigenvalue weighted by Gasteiger charge is -2.03. The molecule has 18 heavy (non-hydrogen) atoms. The Bertz CT molecular complexity index is 584. The summed E-state index contributed by atoms with van der Waals surface area (Å²) in [6.45, 7) is 4.12. The lowest BCUT2D eigenvalue weighted by Crippen LogP contribution is -2.03. The Morgan fingerprint density at radius 2 is 2.06 bits per heavy atom. The third-order valence-electron chi connectivity index (χ3n) is 3.57. The Morgan fingerprint density at radius 1 is 1.28 bits per heavy atom. The van der Waals surface area contributed by atoms with Crippen LogP contribution >= 0.6 is 11.3 Å². The number of benzene rings is 1. The van der Waals surface area contributed by atoms with Gasteiger partial charge in [0.1, 0.15) is 5.01 Å². The standard InChI is InChI=1S/C15H18N2S/c1-9(16)15-17-14(10(2)18-15)13-7-6-11-4-3-5-12(11)8-13/h6-9H,3-5,16H2,1-2H3. The summed E-state index contributed by atoms with van der Waals surface area (Å²) in [5.41, 5.74) is 11.3. The van der Waals surface area contributed by atoms with Crippen LogP contribution in [0.15, 0.2) is 18.2 Å². The summed E-state index contributed by atoms with van der Waals surface area (Å²) in [5, 5.41) is 1.03. The molecule has 0 bridgehead atoms. The van der Waals surface area contributed by atoms with Crippen molar-refractivity contribution in [2.24, 2.45) is 5.73 Å². The van der Waals surface area contributed by atoms with Crippen molar-refractivity contribution in [3.63, 3.8) is 0 Å². The van der Waals surface area contributed by atoms with Gasteiger partial charge in [0.15, 0.2) is 0 Å². The van der Waals surface area contributed by atoms with Crippen molar-refractivity contribution in [1.82, 2.24) is 4.98 Å². The van der Waals surface area contributed by atoms with Crippen LogP contribution in [-0.2, 0) is 12.8 Å². The van der Waals surface area contributed by atoms with Gasteiger partial charge in [0.05, 0.1) is 11.7 Å². The molecule has 0 radical (unpaired) electrons. The smallest absolute Gasteiger partial charge is 0.110 e. The molecule has 2 aromatic rings. The number of hydrogen-bond donors (Lipinski definition) is 1. The van der Waals surface area contributed by atoms with Crippen molar-refractivity contribution in [3.8, 4) is 11.3 Å². The molecule has 0 saturated heterocycles. The predicted octanol–water partition coefficient (Wildman–Crippen LogP) is 3.63. The Morgan fingerprint density at radius 3 is 2.78 bits per heavy atom. The number of nitrogens with two attached hydrogens (primary N) is 1. The highest BCUT2D eigenvalue weighted by Gasteiger charge is 2.15. The fourth-order valence-electron chi connectivity index (χ4n) is 2.60. The molecular weight excluding hydrogens is 240 g/mol. The van der Waals surface area contributed by atoms with Crippen LogP contribution in [0.5, 0.6) is 0 Å². The fraction of sp³-hybridized carbons (Fsp3) is 0.400. The van der Waals surface area contributed by atoms with Gasteiger partial charge in [0.25, 0.3) is 0 Å². The molecule has 1 aliphatic rings. The minimum Gasteiger partial charge on any atom is -0.322 e. The Hall–Kier alpha value is -1.19. The highest BCUT2D eigenvalue weighted by Crippen LogP contribution is 2.32. The molecule has 1 aliphatic carbocycles. The van der Waals surface area contributed by atoms with Crippen molar-refractivity contribution in [2.75, 3.05) is 0 Å². The second kappa shape index (κ2) is 4.48. The molecule has 0 amide bonds. The highest BCUT2D eigenvalue weighted by molar-refractivity contribution is 7.12. The topological polar surface area (TPSA) is 38.9 Å². The van der Waals surface area contributed by atoms with Crippen LogP contribution in [-0.4, -0.2) is 4.98 Å². The molecule has 0 saturated carbocycles. The average molecular weight is 258 g/mol. The van der Waals surface area contributed by atoms with E-state index in [1.807, 2.05) is 6.92 Å². The second-order valence-corrected chi connectivity index (χ2v) is 6.32. The average Bonchev–Trinajstić information content (AvgIpc) is 2.93. The predicted molar refractivity (Wildman–Crippen MR) is 76.9 cm³/mol. The Labute approximate surface area is 112 Å². The van der Waals surface area contributed by atoms with E-state index >= 15 is 0 Å². The number of aryl methyl sites for hydroxylation is 3. The van der Waals surface area contributed by atoms with Gasteiger partial charge in [-0.05, 0) is 50.3 Å². The first-order valence-electron chi connectivity index (χ1n) is 6.50. The SMILES string of the molecule is Cc1sc(C(C)N)nc1-c1ccc2c(c1)CCC2. The van der Waals surface area contributed by atoms with E-state index in [9.17, 15) is 0 Å². The molecule has 0 fully saturated rings. The third-order valence-corrected chi connectivity index (χ3v) is 4.75. The van der Waals surface area contributed by atoms with Gasteiger partial charge >= 0.3 is 0 Å². The summed E-state index contributed by atoms with van der Waals surface area (Å²) in [6, 6.07) is 6.81. The lowest BCUT2D eigenvalue weighted by atomic mass is 10.0. The van der Waals surface area contributed by atoms with E-state index in [-0.39, 0.29) is 6.04 Å². The molecule has 1 atom stereocenters. The van der Waals surface area contributed by atoms with Crippen molar-refractivity contribution in [3.05, 3.63) is 39.2 Å². The van der Waals surface area contributed by atoms with Gasteiger partial charge < -0.3 is 5.73 Å². The fourth-order valence-corrected chi connectivity index (χ4v) is 3.50. The van der Waals surface area contributed by atoms with Crippen molar-refractivity contribution >= 4 is 11.3 Å². The summed E-state index contributed by atoms with van der Waals surface area (Å²) in [7, 11) is 0. The minimum absolute atomic E-state index is 0.0249. The molecule has 1 aromatic carbocycles. The van der Waals surface area contributed by atoms with E-state index in [0.29, 0.717) is 0 Å². The normalized spacial score (nSPS) is 15.7. The molecule has 94 valence electrons. The maximum Gasteiger partial charge on any atom is 0.110 e. The van der Waals surface area contributed by atoms with Gasteiger partial charge in [-0.25, -0.2) is 4.98 Å². The molecular formula is C15H18N2S. The summed E-state index contributed by atoms with van der Waals surface area (Å²) >= 11 is 1.71. The number of fused-ring (bicyclic) bond motifs is 1. The van der Waals surface area contributed by atoms with Crippen molar-refractivity contribution in [1.29, 1.82) is 0 Å². The summed E-state index contributed by atoms with van der Waals surface area (Å²) in [5.74, 6) is 0. The van der Waals surface area contributed by atoms with Gasteiger partial charge in [-0.3, -0.25) is 0 Å². The Kier molecular flexibility index (Phi) is 2.96. The first-order valence-corrected chi connectivity index (χ1v) is 7.32. The van der Waals surface area contributed by atoms with Gasteiger partial charge in [0.2, 0.25) is 0 Å². The molecule has 2 N–H and O–H groups in total. The van der Waals surface area contributed by atoms with Crippen LogP contribution in [0.4, 0.5) is 0 Å². The summed E-state index contributed by atoms with van der Waals surface area (Å²) < 4.78 is 0. The molecule has 0 spiro atoms. The van der Waals surface area contributed by atoms with Crippen molar-refractivity contribution < 1.29 is 0 Å². The van der Waals surface area contributed by atoms with E-state index in [1.54, 1.807) is 11.3 Å². The summed E-state index contributed by atoms with van der Waals surface area (Å²) in [4.78, 5) is 5.96. The largest absolute Gasteiger partial charge is 0.322 e. The maximum absolute atomic E-state index is 5.91. The first kappa shape index (κ1) is 11.9. The van der Waals surface area contributed by atoms with Gasteiger partial charge in [-0.15, -0.1) is 11.3 Å². The molecule has 1 unspecified atom stereocenters. The lowest BCUT2D eigenvalue weighted by molar-refractivity contribution is 0.808. The number of hydrogen-bond acceptors (Lipinski definition) is 3. The van der Waals surface area contributed by atoms with Gasteiger partial charge in [0, 0.05) is 10.4 Å².